The van der Waals surface area contributed by atoms with E-state index in [4.69, 9.17) is 37.6 Å². The van der Waals surface area contributed by atoms with Crippen LogP contribution in [0.5, 0.6) is 5.75 Å². The third-order valence-electron chi connectivity index (χ3n) is 4.02. The van der Waals surface area contributed by atoms with Gasteiger partial charge in [-0.05, 0) is 24.3 Å². The fourth-order valence-corrected chi connectivity index (χ4v) is 3.19. The number of fused-ring (bicyclic) bond motifs is 1. The fourth-order valence-electron chi connectivity index (χ4n) is 2.68. The van der Waals surface area contributed by atoms with E-state index in [1.54, 1.807) is 12.1 Å². The maximum absolute atomic E-state index is 13.0. The molecule has 4 aromatic rings. The van der Waals surface area contributed by atoms with Crippen molar-refractivity contribution in [2.24, 2.45) is 0 Å². The van der Waals surface area contributed by atoms with Gasteiger partial charge in [-0.3, -0.25) is 0 Å². The van der Waals surface area contributed by atoms with Crippen LogP contribution in [0.15, 0.2) is 41.2 Å². The predicted octanol–water partition coefficient (Wildman–Crippen LogP) is 4.75. The quantitative estimate of drug-likeness (QED) is 0.464. The van der Waals surface area contributed by atoms with E-state index in [1.807, 2.05) is 0 Å². The molecule has 12 heteroatoms. The lowest BCUT2D eigenvalue weighted by Gasteiger charge is -2.07. The molecule has 0 aliphatic carbocycles. The summed E-state index contributed by atoms with van der Waals surface area (Å²) in [6, 6.07) is 5.56. The summed E-state index contributed by atoms with van der Waals surface area (Å²) in [5, 5.41) is 12.8. The largest absolute Gasteiger partial charge is 0.491 e. The van der Waals surface area contributed by atoms with Gasteiger partial charge in [0.15, 0.2) is 5.65 Å². The van der Waals surface area contributed by atoms with E-state index in [2.05, 4.69) is 15.1 Å². The first kappa shape index (κ1) is 20.5. The Hall–Kier alpha value is -2.82. The van der Waals surface area contributed by atoms with Crippen LogP contribution in [0.4, 0.5) is 13.2 Å². The molecule has 3 heterocycles. The van der Waals surface area contributed by atoms with Crippen molar-refractivity contribution in [2.45, 2.75) is 6.18 Å². The Balaban J connectivity index is 1.67. The van der Waals surface area contributed by atoms with Gasteiger partial charge in [-0.25, -0.2) is 4.98 Å². The summed E-state index contributed by atoms with van der Waals surface area (Å²) in [4.78, 5) is 8.39. The minimum absolute atomic E-state index is 0.0185. The van der Waals surface area contributed by atoms with E-state index in [1.165, 1.54) is 12.3 Å². The molecule has 1 aromatic carbocycles. The molecular weight excluding hydrogens is 448 g/mol. The van der Waals surface area contributed by atoms with Crippen LogP contribution in [0.1, 0.15) is 5.56 Å². The Morgan fingerprint density at radius 2 is 1.90 bits per heavy atom. The van der Waals surface area contributed by atoms with Crippen LogP contribution in [-0.4, -0.2) is 37.8 Å². The number of aliphatic hydroxyl groups is 1. The third-order valence-corrected chi connectivity index (χ3v) is 4.61. The smallest absolute Gasteiger partial charge is 0.417 e. The predicted molar refractivity (Wildman–Crippen MR) is 102 cm³/mol. The Morgan fingerprint density at radius 3 is 2.60 bits per heavy atom. The van der Waals surface area contributed by atoms with Gasteiger partial charge in [0.1, 0.15) is 18.1 Å². The Labute approximate surface area is 176 Å². The molecule has 0 fully saturated rings. The first-order valence-corrected chi connectivity index (χ1v) is 9.15. The number of alkyl halides is 3. The number of imidazole rings is 1. The molecule has 30 heavy (non-hydrogen) atoms. The summed E-state index contributed by atoms with van der Waals surface area (Å²) < 4.78 is 50.6. The molecule has 0 aliphatic rings. The summed E-state index contributed by atoms with van der Waals surface area (Å²) >= 11 is 12.2. The van der Waals surface area contributed by atoms with Crippen LogP contribution in [-0.2, 0) is 6.18 Å². The van der Waals surface area contributed by atoms with Gasteiger partial charge < -0.3 is 18.8 Å². The van der Waals surface area contributed by atoms with Gasteiger partial charge in [0.2, 0.25) is 5.82 Å². The second kappa shape index (κ2) is 7.78. The molecule has 156 valence electrons. The number of hydrogen-bond donors (Lipinski definition) is 1. The lowest BCUT2D eigenvalue weighted by atomic mass is 10.2. The number of aliphatic hydroxyl groups excluding tert-OH is 1. The van der Waals surface area contributed by atoms with E-state index >= 15 is 0 Å². The monoisotopic (exact) mass is 458 g/mol. The first-order chi connectivity index (χ1) is 14.3. The van der Waals surface area contributed by atoms with Crippen molar-refractivity contribution >= 4 is 28.8 Å². The van der Waals surface area contributed by atoms with E-state index in [0.717, 1.165) is 16.7 Å². The lowest BCUT2D eigenvalue weighted by molar-refractivity contribution is -0.137. The molecule has 0 amide bonds. The standard InChI is InChI=1S/C18H11Cl2F3N4O3/c19-12-6-10(29-4-3-28)1-2-11(12)15-25-17(30-26-15)14-8-27-7-9(18(21,22)23)5-13(20)16(27)24-14/h1-2,5-8,28H,3-4H2. The minimum atomic E-state index is -4.55. The van der Waals surface area contributed by atoms with Crippen molar-refractivity contribution < 1.29 is 27.5 Å². The molecule has 1 N–H and O–H groups in total. The SMILES string of the molecule is OCCOc1ccc(-c2noc(-c3cn4cc(C(F)(F)F)cc(Cl)c4n3)n2)c(Cl)c1. The van der Waals surface area contributed by atoms with Crippen molar-refractivity contribution in [3.8, 4) is 28.7 Å². The van der Waals surface area contributed by atoms with Crippen molar-refractivity contribution in [3.05, 3.63) is 52.3 Å². The van der Waals surface area contributed by atoms with Gasteiger partial charge in [0, 0.05) is 18.0 Å². The zero-order valence-electron chi connectivity index (χ0n) is 14.8. The van der Waals surface area contributed by atoms with Crippen LogP contribution >= 0.6 is 23.2 Å². The summed E-state index contributed by atoms with van der Waals surface area (Å²) in [6.07, 6.45) is -2.37. The average molecular weight is 459 g/mol. The number of aromatic nitrogens is 4. The van der Waals surface area contributed by atoms with Crippen LogP contribution in [0.2, 0.25) is 10.0 Å². The molecule has 4 rings (SSSR count). The van der Waals surface area contributed by atoms with E-state index in [0.29, 0.717) is 11.3 Å². The van der Waals surface area contributed by atoms with Crippen LogP contribution in [0.25, 0.3) is 28.6 Å². The zero-order chi connectivity index (χ0) is 21.5. The second-order valence-corrected chi connectivity index (χ2v) is 6.88. The zero-order valence-corrected chi connectivity index (χ0v) is 16.3. The molecule has 0 unspecified atom stereocenters. The molecule has 0 aliphatic heterocycles. The molecule has 3 aromatic heterocycles. The number of halogens is 5. The van der Waals surface area contributed by atoms with Gasteiger partial charge in [0.25, 0.3) is 5.89 Å². The van der Waals surface area contributed by atoms with Crippen molar-refractivity contribution in [2.75, 3.05) is 13.2 Å². The Kier molecular flexibility index (Phi) is 5.31. The van der Waals surface area contributed by atoms with Crippen LogP contribution in [0, 0.1) is 0 Å². The average Bonchev–Trinajstić information content (AvgIpc) is 3.33. The molecule has 0 saturated heterocycles. The summed E-state index contributed by atoms with van der Waals surface area (Å²) in [5.41, 5.74) is -0.202. The lowest BCUT2D eigenvalue weighted by Crippen LogP contribution is -2.06. The van der Waals surface area contributed by atoms with Gasteiger partial charge in [0.05, 0.1) is 22.2 Å². The maximum atomic E-state index is 13.0. The highest BCUT2D eigenvalue weighted by molar-refractivity contribution is 6.33. The fraction of sp³-hybridized carbons (Fsp3) is 0.167. The van der Waals surface area contributed by atoms with Crippen LogP contribution in [0.3, 0.4) is 0 Å². The number of nitrogens with zero attached hydrogens (tertiary/aromatic N) is 4. The summed E-state index contributed by atoms with van der Waals surface area (Å²) in [7, 11) is 0. The number of pyridine rings is 1. The van der Waals surface area contributed by atoms with Gasteiger partial charge in [-0.1, -0.05) is 28.4 Å². The highest BCUT2D eigenvalue weighted by Gasteiger charge is 2.32. The number of ether oxygens (including phenoxy) is 1. The Bertz CT molecular complexity index is 1220. The maximum Gasteiger partial charge on any atom is 0.417 e. The van der Waals surface area contributed by atoms with Crippen molar-refractivity contribution in [3.63, 3.8) is 0 Å². The highest BCUT2D eigenvalue weighted by atomic mass is 35.5. The highest BCUT2D eigenvalue weighted by Crippen LogP contribution is 2.34. The van der Waals surface area contributed by atoms with Gasteiger partial charge in [-0.15, -0.1) is 0 Å². The normalized spacial score (nSPS) is 11.9. The molecule has 0 atom stereocenters. The molecule has 7 nitrogen and oxygen atoms in total. The van der Waals surface area contributed by atoms with Crippen molar-refractivity contribution in [1.82, 2.24) is 19.5 Å². The minimum Gasteiger partial charge on any atom is -0.491 e. The third kappa shape index (κ3) is 3.93. The number of rotatable bonds is 5. The molecular formula is C18H11Cl2F3N4O3. The van der Waals surface area contributed by atoms with Gasteiger partial charge >= 0.3 is 6.18 Å². The van der Waals surface area contributed by atoms with E-state index < -0.39 is 11.7 Å². The number of hydrogen-bond acceptors (Lipinski definition) is 6. The second-order valence-electron chi connectivity index (χ2n) is 6.07. The summed E-state index contributed by atoms with van der Waals surface area (Å²) in [5.74, 6) is 0.592. The van der Waals surface area contributed by atoms with Gasteiger partial charge in [-0.2, -0.15) is 18.2 Å². The first-order valence-electron chi connectivity index (χ1n) is 8.39. The number of benzene rings is 1. The topological polar surface area (TPSA) is 85.7 Å². The van der Waals surface area contributed by atoms with E-state index in [9.17, 15) is 13.2 Å². The molecule has 0 radical (unpaired) electrons. The molecule has 0 saturated carbocycles. The van der Waals surface area contributed by atoms with E-state index in [-0.39, 0.29) is 46.3 Å². The summed E-state index contributed by atoms with van der Waals surface area (Å²) in [6.45, 7) is -0.0183. The van der Waals surface area contributed by atoms with Crippen molar-refractivity contribution in [1.29, 1.82) is 0 Å². The van der Waals surface area contributed by atoms with Crippen LogP contribution < -0.4 is 4.74 Å². The molecule has 0 bridgehead atoms. The Morgan fingerprint density at radius 1 is 1.10 bits per heavy atom. The molecule has 0 spiro atoms.